The van der Waals surface area contributed by atoms with Crippen LogP contribution in [0, 0.1) is 5.92 Å². The van der Waals surface area contributed by atoms with Crippen LogP contribution in [0.5, 0.6) is 0 Å². The van der Waals surface area contributed by atoms with Gasteiger partial charge in [-0.1, -0.05) is 62.3 Å². The number of nitrogens with zero attached hydrogens (tertiary/aromatic N) is 5. The van der Waals surface area contributed by atoms with Crippen molar-refractivity contribution in [1.82, 2.24) is 20.6 Å². The van der Waals surface area contributed by atoms with E-state index in [1.807, 2.05) is 18.2 Å². The Morgan fingerprint density at radius 3 is 2.28 bits per heavy atom. The number of hydrogen-bond donors (Lipinski definition) is 1. The van der Waals surface area contributed by atoms with Crippen LogP contribution in [0.15, 0.2) is 59.7 Å². The summed E-state index contributed by atoms with van der Waals surface area (Å²) < 4.78 is 0.615. The first-order valence-electron chi connectivity index (χ1n) is 10.1. The summed E-state index contributed by atoms with van der Waals surface area (Å²) in [5.74, 6) is 1.09. The SMILES string of the molecule is CCC[N+]1(C)N=C(C(C)C)C=C1c1ccc(-c2ccccc2-c2nnn[nH]2)cc1. The van der Waals surface area contributed by atoms with Crippen LogP contribution in [-0.2, 0) is 0 Å². The average molecular weight is 388 g/mol. The van der Waals surface area contributed by atoms with Crippen molar-refractivity contribution in [2.75, 3.05) is 13.6 Å². The first kappa shape index (κ1) is 19.2. The van der Waals surface area contributed by atoms with Crippen LogP contribution in [0.2, 0.25) is 0 Å². The molecular weight excluding hydrogens is 360 g/mol. The molecule has 0 amide bonds. The van der Waals surface area contributed by atoms with Gasteiger partial charge in [-0.15, -0.1) is 5.10 Å². The normalized spacial score (nSPS) is 18.8. The minimum atomic E-state index is 0.420. The Balaban J connectivity index is 1.70. The van der Waals surface area contributed by atoms with Gasteiger partial charge in [-0.05, 0) is 40.1 Å². The zero-order valence-corrected chi connectivity index (χ0v) is 17.4. The van der Waals surface area contributed by atoms with Gasteiger partial charge in [0.2, 0.25) is 0 Å². The lowest BCUT2D eigenvalue weighted by atomic mass is 9.97. The summed E-state index contributed by atoms with van der Waals surface area (Å²) in [6, 6.07) is 16.9. The van der Waals surface area contributed by atoms with E-state index < -0.39 is 0 Å². The Hall–Kier alpha value is -3.12. The maximum atomic E-state index is 5.03. The highest BCUT2D eigenvalue weighted by Crippen LogP contribution is 2.35. The highest BCUT2D eigenvalue weighted by molar-refractivity contribution is 6.02. The molecule has 6 heteroatoms. The molecule has 1 atom stereocenters. The molecule has 0 saturated carbocycles. The van der Waals surface area contributed by atoms with Gasteiger partial charge in [0, 0.05) is 23.1 Å². The molecule has 29 heavy (non-hydrogen) atoms. The molecule has 0 bridgehead atoms. The Bertz CT molecular complexity index is 1050. The predicted octanol–water partition coefficient (Wildman–Crippen LogP) is 4.76. The maximum absolute atomic E-state index is 5.03. The molecule has 0 fully saturated rings. The highest BCUT2D eigenvalue weighted by atomic mass is 15.6. The van der Waals surface area contributed by atoms with Gasteiger partial charge < -0.3 is 0 Å². The quantitative estimate of drug-likeness (QED) is 0.620. The second kappa shape index (κ2) is 7.72. The largest absolute Gasteiger partial charge is 0.239 e. The molecule has 1 aliphatic rings. The lowest BCUT2D eigenvalue weighted by Crippen LogP contribution is -2.35. The van der Waals surface area contributed by atoms with Crippen LogP contribution in [0.4, 0.5) is 0 Å². The van der Waals surface area contributed by atoms with E-state index in [0.29, 0.717) is 16.3 Å². The molecule has 1 aromatic heterocycles. The number of aromatic amines is 1. The van der Waals surface area contributed by atoms with E-state index in [4.69, 9.17) is 5.10 Å². The van der Waals surface area contributed by atoms with Gasteiger partial charge in [-0.3, -0.25) is 0 Å². The molecule has 3 aromatic rings. The van der Waals surface area contributed by atoms with Crippen LogP contribution in [-0.4, -0.2) is 44.5 Å². The molecular formula is C23H27N6+. The van der Waals surface area contributed by atoms with E-state index in [1.165, 1.54) is 17.0 Å². The lowest BCUT2D eigenvalue weighted by molar-refractivity contribution is -0.844. The monoisotopic (exact) mass is 387 g/mol. The van der Waals surface area contributed by atoms with Crippen LogP contribution in [0.1, 0.15) is 32.8 Å². The third-order valence-corrected chi connectivity index (χ3v) is 5.41. The van der Waals surface area contributed by atoms with Crippen molar-refractivity contribution in [3.8, 4) is 22.5 Å². The van der Waals surface area contributed by atoms with Gasteiger partial charge in [-0.2, -0.15) is 4.59 Å². The summed E-state index contributed by atoms with van der Waals surface area (Å²) >= 11 is 0. The van der Waals surface area contributed by atoms with Gasteiger partial charge in [-0.25, -0.2) is 5.10 Å². The van der Waals surface area contributed by atoms with Gasteiger partial charge in [0.15, 0.2) is 11.5 Å². The highest BCUT2D eigenvalue weighted by Gasteiger charge is 2.35. The number of nitrogens with one attached hydrogen (secondary N) is 1. The molecule has 2 aromatic carbocycles. The molecule has 0 saturated heterocycles. The van der Waals surface area contributed by atoms with Crippen LogP contribution >= 0.6 is 0 Å². The van der Waals surface area contributed by atoms with Crippen LogP contribution in [0.25, 0.3) is 28.2 Å². The number of tetrazole rings is 1. The van der Waals surface area contributed by atoms with Crippen molar-refractivity contribution in [2.24, 2.45) is 11.0 Å². The molecule has 148 valence electrons. The van der Waals surface area contributed by atoms with Crippen molar-refractivity contribution >= 4 is 11.4 Å². The lowest BCUT2D eigenvalue weighted by Gasteiger charge is -2.26. The number of benzene rings is 2. The Morgan fingerprint density at radius 2 is 1.66 bits per heavy atom. The maximum Gasteiger partial charge on any atom is 0.180 e. The van der Waals surface area contributed by atoms with Crippen molar-refractivity contribution in [3.05, 3.63) is 60.2 Å². The predicted molar refractivity (Wildman–Crippen MR) is 117 cm³/mol. The summed E-state index contributed by atoms with van der Waals surface area (Å²) in [7, 11) is 2.20. The standard InChI is InChI=1S/C23H27N6/c1-5-14-29(4)22(15-21(26-29)16(2)3)18-12-10-17(11-13-18)19-8-6-7-9-20(19)23-24-27-28-25-23/h6-13,15-16H,5,14H2,1-4H3,(H,24,25,27,28)/q+1. The summed E-state index contributed by atoms with van der Waals surface area (Å²) in [4.78, 5) is 0. The summed E-state index contributed by atoms with van der Waals surface area (Å²) in [5.41, 5.74) is 6.86. The number of H-pyrrole nitrogens is 1. The van der Waals surface area contributed by atoms with Gasteiger partial charge in [0.1, 0.15) is 12.3 Å². The number of rotatable bonds is 6. The van der Waals surface area contributed by atoms with E-state index in [1.54, 1.807) is 0 Å². The molecule has 0 aliphatic carbocycles. The molecule has 6 nitrogen and oxygen atoms in total. The van der Waals surface area contributed by atoms with E-state index in [0.717, 1.165) is 29.7 Å². The van der Waals surface area contributed by atoms with E-state index in [9.17, 15) is 0 Å². The van der Waals surface area contributed by atoms with E-state index in [2.05, 4.69) is 84.9 Å². The molecule has 1 unspecified atom stereocenters. The molecule has 1 N–H and O–H groups in total. The Labute approximate surface area is 171 Å². The molecule has 1 aliphatic heterocycles. The summed E-state index contributed by atoms with van der Waals surface area (Å²) in [6.45, 7) is 7.60. The van der Waals surface area contributed by atoms with Crippen molar-refractivity contribution < 1.29 is 4.59 Å². The molecule has 0 radical (unpaired) electrons. The number of hydrogen-bond acceptors (Lipinski definition) is 4. The van der Waals surface area contributed by atoms with E-state index in [-0.39, 0.29) is 0 Å². The van der Waals surface area contributed by atoms with Crippen molar-refractivity contribution in [2.45, 2.75) is 27.2 Å². The zero-order valence-electron chi connectivity index (χ0n) is 17.4. The fourth-order valence-electron chi connectivity index (χ4n) is 3.90. The first-order valence-corrected chi connectivity index (χ1v) is 10.1. The second-order valence-corrected chi connectivity index (χ2v) is 7.94. The van der Waals surface area contributed by atoms with Gasteiger partial charge in [0.05, 0.1) is 7.05 Å². The fourth-order valence-corrected chi connectivity index (χ4v) is 3.90. The summed E-state index contributed by atoms with van der Waals surface area (Å²) in [5, 5.41) is 19.4. The average Bonchev–Trinajstić information content (AvgIpc) is 3.37. The zero-order chi connectivity index (χ0) is 20.4. The van der Waals surface area contributed by atoms with Gasteiger partial charge in [0.25, 0.3) is 0 Å². The van der Waals surface area contributed by atoms with Crippen LogP contribution < -0.4 is 0 Å². The smallest absolute Gasteiger partial charge is 0.180 e. The van der Waals surface area contributed by atoms with E-state index >= 15 is 0 Å². The number of allylic oxidation sites excluding steroid dienone is 1. The van der Waals surface area contributed by atoms with Crippen molar-refractivity contribution in [1.29, 1.82) is 0 Å². The van der Waals surface area contributed by atoms with Crippen LogP contribution in [0.3, 0.4) is 0 Å². The Kier molecular flexibility index (Phi) is 5.11. The Morgan fingerprint density at radius 1 is 0.966 bits per heavy atom. The minimum Gasteiger partial charge on any atom is -0.239 e. The molecule has 2 heterocycles. The number of aromatic nitrogens is 4. The molecule has 0 spiro atoms. The second-order valence-electron chi connectivity index (χ2n) is 7.94. The van der Waals surface area contributed by atoms with Gasteiger partial charge >= 0.3 is 0 Å². The fraction of sp³-hybridized carbons (Fsp3) is 0.304. The third kappa shape index (κ3) is 3.63. The minimum absolute atomic E-state index is 0.420. The molecule has 4 rings (SSSR count). The third-order valence-electron chi connectivity index (χ3n) is 5.41. The van der Waals surface area contributed by atoms with Crippen molar-refractivity contribution in [3.63, 3.8) is 0 Å². The topological polar surface area (TPSA) is 66.8 Å². The summed E-state index contributed by atoms with van der Waals surface area (Å²) in [6.07, 6.45) is 3.35. The first-order chi connectivity index (χ1) is 14.0. The number of quaternary nitrogens is 1.